The number of amides is 7. The number of hydrogen-bond acceptors (Lipinski definition) is 20. The molecule has 38 nitrogen and oxygen atoms in total. The predicted octanol–water partition coefficient (Wildman–Crippen LogP) is 4.71. The molecule has 7 N–H and O–H groups in total. The van der Waals surface area contributed by atoms with Crippen LogP contribution < -0.4 is 37.2 Å². The van der Waals surface area contributed by atoms with Crippen molar-refractivity contribution in [1.29, 1.82) is 0 Å². The molecule has 0 saturated carbocycles. The highest BCUT2D eigenvalue weighted by Crippen LogP contribution is 2.32. The second-order valence-corrected chi connectivity index (χ2v) is 31.6. The molecule has 0 aliphatic carbocycles. The molecule has 122 heavy (non-hydrogen) atoms. The maximum atomic E-state index is 13.8. The molecule has 0 fully saturated rings. The van der Waals surface area contributed by atoms with Gasteiger partial charge in [0.15, 0.2) is 46.8 Å². The minimum absolute atomic E-state index is 0.00779. The number of nitrogens with one attached hydrogen (secondary N) is 7. The summed E-state index contributed by atoms with van der Waals surface area (Å²) in [6.07, 6.45) is 20.4. The molecule has 642 valence electrons. The fraction of sp³-hybridized carbons (Fsp3) is 0.405. The van der Waals surface area contributed by atoms with Gasteiger partial charge in [-0.25, -0.2) is 24.7 Å². The molecule has 2 bridgehead atoms. The lowest BCUT2D eigenvalue weighted by Crippen LogP contribution is -2.64. The molecule has 7 amide bonds. The van der Waals surface area contributed by atoms with Crippen molar-refractivity contribution in [2.45, 2.75) is 122 Å². The lowest BCUT2D eigenvalue weighted by atomic mass is 10.0. The Hall–Kier alpha value is -13.8. The summed E-state index contributed by atoms with van der Waals surface area (Å²) in [4.78, 5) is 217. The zero-order valence-corrected chi connectivity index (χ0v) is 70.7. The number of rotatable bonds is 45. The van der Waals surface area contributed by atoms with Crippen molar-refractivity contribution in [3.63, 3.8) is 0 Å². The Labute approximate surface area is 702 Å². The van der Waals surface area contributed by atoms with E-state index in [2.05, 4.69) is 62.1 Å². The number of carbonyl (C=O) groups excluding carboxylic acids is 15. The molecular weight excluding hydrogens is 1570 g/mol. The summed E-state index contributed by atoms with van der Waals surface area (Å²) in [6.45, 7) is 2.36. The molecule has 2 unspecified atom stereocenters. The molecule has 3 aliphatic heterocycles. The first-order valence-electron chi connectivity index (χ1n) is 39.9. The summed E-state index contributed by atoms with van der Waals surface area (Å²) in [5.41, 5.74) is 4.88. The number of imidazole rings is 4. The first-order valence-corrected chi connectivity index (χ1v) is 39.9. The number of carbonyl (C=O) groups is 15. The van der Waals surface area contributed by atoms with Crippen molar-refractivity contribution in [3.8, 4) is 0 Å². The molecule has 12 heterocycles. The number of nitrogens with zero attached hydrogens (tertiary/aromatic N) is 16. The van der Waals surface area contributed by atoms with Crippen LogP contribution in [0, 0.1) is 0 Å². The largest absolute Gasteiger partial charge is 0.375 e. The van der Waals surface area contributed by atoms with Crippen LogP contribution in [0.3, 0.4) is 0 Å². The van der Waals surface area contributed by atoms with Gasteiger partial charge in [0.1, 0.15) is 34.4 Å². The fourth-order valence-corrected chi connectivity index (χ4v) is 15.0. The molecule has 9 aromatic rings. The van der Waals surface area contributed by atoms with Crippen LogP contribution in [-0.4, -0.2) is 216 Å². The van der Waals surface area contributed by atoms with Crippen LogP contribution in [0.2, 0.25) is 0 Å². The molecule has 38 heteroatoms. The number of Topliss-reactive ketones (excluding diaryl/α,β-unsaturated/α-hetero) is 8. The Morgan fingerprint density at radius 1 is 0.393 bits per heavy atom. The van der Waals surface area contributed by atoms with Gasteiger partial charge in [-0.3, -0.25) is 67.1 Å². The first kappa shape index (κ1) is 89.0. The summed E-state index contributed by atoms with van der Waals surface area (Å²) in [6, 6.07) is 7.81. The van der Waals surface area contributed by atoms with E-state index in [4.69, 9.17) is 0 Å². The lowest BCUT2D eigenvalue weighted by molar-refractivity contribution is -0.933. The second kappa shape index (κ2) is 38.5. The van der Waals surface area contributed by atoms with E-state index in [1.165, 1.54) is 40.5 Å². The van der Waals surface area contributed by atoms with Crippen molar-refractivity contribution < 1.29 is 81.0 Å². The third-order valence-corrected chi connectivity index (χ3v) is 20.9. The Balaban J connectivity index is 0.555. The Morgan fingerprint density at radius 3 is 1.42 bits per heavy atom. The summed E-state index contributed by atoms with van der Waals surface area (Å²) in [5, 5.41) is 19.2. The summed E-state index contributed by atoms with van der Waals surface area (Å²) >= 11 is 0. The highest BCUT2D eigenvalue weighted by Gasteiger charge is 2.62. The number of aromatic nitrogens is 13. The maximum absolute atomic E-state index is 13.8. The topological polar surface area (TPSA) is 442 Å². The zero-order chi connectivity index (χ0) is 88.3. The zero-order valence-electron chi connectivity index (χ0n) is 70.7. The highest BCUT2D eigenvalue weighted by atomic mass is 16.2. The van der Waals surface area contributed by atoms with Gasteiger partial charge in [0.2, 0.25) is 29.2 Å². The van der Waals surface area contributed by atoms with E-state index in [0.29, 0.717) is 88.2 Å². The SMILES string of the molecule is CC(=O)Nc1cc(C(=O)Nc2cc(C(=O)NCCC(=O)Nc3cn(C)c(C(=O)NC4=C[N+]5(C)C=[N+]4C5C(=O)Nc4cc(C(=O)NCCCC(=O)Cc5cn(C)c(C(=O)Cc6cc(C(=O)Cc7cc(C(=O)CCCC(=O)Cc8cn(C)c(C(=O)Cc9cn(C)c(C(=O)CCCC(=O)CCCCN(C)C)n9)n8)n(C)c7)n(C)c6)n5)n(C)c4)n3)n(C)c2)n(C)c1. The fourth-order valence-electron chi connectivity index (χ4n) is 15.0. The third kappa shape index (κ3) is 22.2. The van der Waals surface area contributed by atoms with Gasteiger partial charge in [-0.05, 0) is 94.2 Å². The third-order valence-electron chi connectivity index (χ3n) is 20.9. The van der Waals surface area contributed by atoms with Gasteiger partial charge in [0, 0.05) is 197 Å². The summed E-state index contributed by atoms with van der Waals surface area (Å²) in [5.74, 6) is -4.07. The average molecular weight is 1670 g/mol. The van der Waals surface area contributed by atoms with Crippen LogP contribution in [0.15, 0.2) is 98.1 Å². The number of anilines is 4. The van der Waals surface area contributed by atoms with Crippen molar-refractivity contribution in [3.05, 3.63) is 178 Å². The summed E-state index contributed by atoms with van der Waals surface area (Å²) in [7, 11) is 20.6. The van der Waals surface area contributed by atoms with E-state index in [1.807, 2.05) is 14.1 Å². The second-order valence-electron chi connectivity index (χ2n) is 31.6. The number of ketones is 8. The van der Waals surface area contributed by atoms with Crippen LogP contribution >= 0.6 is 0 Å². The predicted molar refractivity (Wildman–Crippen MR) is 445 cm³/mol. The monoisotopic (exact) mass is 1670 g/mol. The minimum atomic E-state index is -0.822. The van der Waals surface area contributed by atoms with Crippen molar-refractivity contribution >= 4 is 117 Å². The molecular formula is C84H103N23O15+2. The number of unbranched alkanes of at least 4 members (excludes halogenated alkanes) is 1. The Kier molecular flexibility index (Phi) is 28.1. The number of likely N-dealkylation sites (N-methyl/N-ethyl adjacent to an activating group) is 1. The quantitative estimate of drug-likeness (QED) is 0.0118. The molecule has 0 radical (unpaired) electrons. The van der Waals surface area contributed by atoms with Gasteiger partial charge in [0.05, 0.1) is 71.8 Å². The summed E-state index contributed by atoms with van der Waals surface area (Å²) < 4.78 is 15.6. The number of quaternary nitrogens is 1. The van der Waals surface area contributed by atoms with Gasteiger partial charge in [-0.15, -0.1) is 4.58 Å². The van der Waals surface area contributed by atoms with E-state index in [9.17, 15) is 71.9 Å². The molecule has 3 aliphatic rings. The average Bonchev–Trinajstić information content (AvgIpc) is 1.55. The van der Waals surface area contributed by atoms with E-state index in [1.54, 1.807) is 181 Å². The van der Waals surface area contributed by atoms with Crippen LogP contribution in [0.4, 0.5) is 22.9 Å². The van der Waals surface area contributed by atoms with Gasteiger partial charge in [-0.1, -0.05) is 0 Å². The number of aryl methyl sites for hydroxylation is 9. The molecule has 0 aromatic carbocycles. The lowest BCUT2D eigenvalue weighted by Gasteiger charge is -2.31. The van der Waals surface area contributed by atoms with E-state index >= 15 is 0 Å². The van der Waals surface area contributed by atoms with Crippen LogP contribution in [0.25, 0.3) is 0 Å². The van der Waals surface area contributed by atoms with Crippen LogP contribution in [-0.2, 0) is 124 Å². The normalized spacial score (nSPS) is 13.9. The molecule has 0 spiro atoms. The van der Waals surface area contributed by atoms with E-state index < -0.39 is 41.6 Å². The number of hydrogen-bond donors (Lipinski definition) is 7. The van der Waals surface area contributed by atoms with Gasteiger partial charge >= 0.3 is 23.8 Å². The van der Waals surface area contributed by atoms with Crippen molar-refractivity contribution in [2.75, 3.05) is 62.0 Å². The van der Waals surface area contributed by atoms with Crippen molar-refractivity contribution in [2.24, 2.45) is 63.4 Å². The van der Waals surface area contributed by atoms with Crippen molar-refractivity contribution in [1.82, 2.24) is 81.9 Å². The Morgan fingerprint density at radius 2 is 0.852 bits per heavy atom. The standard InChI is InChI=1S/C84H101N23O15/c1-50(108)87-55-35-66(101(8)41-55)81(120)91-56-36-65(99(6)42-56)80(119)86-27-25-74(117)93-72-47-105(12)78(94-72)82(121)95-73-48-107(13)49-106(73)84(107)83(122)92-57-37-64(100(7)43-57)79(118)85-26-18-22-61(111)34-54-44-103(10)76(88-54)70(115)32-52-30-63(98(5)40-52)69(114)31-51-29-62(97(4)39-51)67(112)23-17-21-60(110)33-53-45-104(11)77(89-53)71(116)38-58-46-102(9)75(90-58)68(113)24-16-20-59(109)19-14-15-28-96(2)3/h29-30,35-37,39-49,84H,14-28,31-34,38H2,1-13H3,(H5-2,85,86,87,91,92,93,95,108,117,118,119,120,121,122)/p+2. The van der Waals surface area contributed by atoms with Crippen LogP contribution in [0.5, 0.6) is 0 Å². The molecule has 9 aromatic heterocycles. The van der Waals surface area contributed by atoms with E-state index in [-0.39, 0.29) is 187 Å². The van der Waals surface area contributed by atoms with Gasteiger partial charge in [-0.2, -0.15) is 9.80 Å². The Bertz CT molecular complexity index is 5730. The van der Waals surface area contributed by atoms with E-state index in [0.717, 1.165) is 19.4 Å². The highest BCUT2D eigenvalue weighted by molar-refractivity contribution is 6.06. The first-order chi connectivity index (χ1) is 57.8. The van der Waals surface area contributed by atoms with Crippen LogP contribution in [0.1, 0.15) is 207 Å². The molecule has 0 saturated heterocycles. The maximum Gasteiger partial charge on any atom is 0.375 e. The van der Waals surface area contributed by atoms with Gasteiger partial charge in [0.25, 0.3) is 24.1 Å². The minimum Gasteiger partial charge on any atom is -0.351 e. The smallest absolute Gasteiger partial charge is 0.351 e. The molecule has 12 rings (SSSR count). The van der Waals surface area contributed by atoms with Gasteiger partial charge < -0.3 is 77.9 Å². The molecule has 2 atom stereocenters.